The number of carbonyl (C=O) groups is 1. The highest BCUT2D eigenvalue weighted by molar-refractivity contribution is 5.83. The van der Waals surface area contributed by atoms with Gasteiger partial charge in [0, 0.05) is 29.6 Å². The molecule has 0 saturated carbocycles. The number of amides is 1. The van der Waals surface area contributed by atoms with Gasteiger partial charge in [-0.2, -0.15) is 0 Å². The van der Waals surface area contributed by atoms with E-state index in [1.54, 1.807) is 19.4 Å². The van der Waals surface area contributed by atoms with Gasteiger partial charge in [0.15, 0.2) is 0 Å². The second kappa shape index (κ2) is 9.47. The van der Waals surface area contributed by atoms with Gasteiger partial charge >= 0.3 is 5.63 Å². The maximum atomic E-state index is 12.9. The number of pyridine rings is 1. The first-order valence-electron chi connectivity index (χ1n) is 10.4. The van der Waals surface area contributed by atoms with Gasteiger partial charge in [-0.25, -0.2) is 4.79 Å². The number of methoxy groups -OCH3 is 1. The average molecular weight is 428 g/mol. The third-order valence-corrected chi connectivity index (χ3v) is 5.52. The molecule has 6 heteroatoms. The minimum Gasteiger partial charge on any atom is -0.497 e. The number of nitrogens with zero attached hydrogens (tertiary/aromatic N) is 1. The standard InChI is InChI=1S/C26H24N2O4/c1-17-20-12-11-19(31-2)16-23(20)32-26(30)21(17)13-14-24(29)28-25(18-8-4-3-5-9-18)22-10-6-7-15-27-22/h3-12,15-16,25H,13-14H2,1-2H3,(H,28,29). The summed E-state index contributed by atoms with van der Waals surface area (Å²) in [5.74, 6) is 0.451. The highest BCUT2D eigenvalue weighted by Crippen LogP contribution is 2.25. The van der Waals surface area contributed by atoms with Crippen LogP contribution in [0, 0.1) is 6.92 Å². The molecule has 0 aliphatic rings. The number of hydrogen-bond acceptors (Lipinski definition) is 5. The van der Waals surface area contributed by atoms with Gasteiger partial charge in [-0.3, -0.25) is 9.78 Å². The Morgan fingerprint density at radius 3 is 2.59 bits per heavy atom. The summed E-state index contributed by atoms with van der Waals surface area (Å²) in [6, 6.07) is 20.3. The van der Waals surface area contributed by atoms with E-state index in [0.717, 1.165) is 22.2 Å². The molecule has 2 aromatic carbocycles. The Hall–Kier alpha value is -3.93. The van der Waals surface area contributed by atoms with Gasteiger partial charge in [-0.1, -0.05) is 36.4 Å². The van der Waals surface area contributed by atoms with Crippen molar-refractivity contribution >= 4 is 16.9 Å². The number of ether oxygens (including phenoxy) is 1. The van der Waals surface area contributed by atoms with E-state index in [-0.39, 0.29) is 24.8 Å². The molecule has 1 amide bonds. The van der Waals surface area contributed by atoms with Crippen LogP contribution in [0.15, 0.2) is 82.1 Å². The zero-order valence-corrected chi connectivity index (χ0v) is 18.0. The Labute approximate surface area is 185 Å². The van der Waals surface area contributed by atoms with E-state index in [2.05, 4.69) is 10.3 Å². The Balaban J connectivity index is 1.54. The highest BCUT2D eigenvalue weighted by Gasteiger charge is 2.19. The number of carbonyl (C=O) groups excluding carboxylic acids is 1. The van der Waals surface area contributed by atoms with Crippen molar-refractivity contribution in [2.24, 2.45) is 0 Å². The Bertz CT molecular complexity index is 1240. The van der Waals surface area contributed by atoms with E-state index >= 15 is 0 Å². The van der Waals surface area contributed by atoms with Gasteiger partial charge < -0.3 is 14.5 Å². The van der Waals surface area contributed by atoms with E-state index in [0.29, 0.717) is 16.9 Å². The minimum absolute atomic E-state index is 0.156. The van der Waals surface area contributed by atoms with Crippen molar-refractivity contribution in [2.45, 2.75) is 25.8 Å². The molecule has 6 nitrogen and oxygen atoms in total. The summed E-state index contributed by atoms with van der Waals surface area (Å²) < 4.78 is 10.7. The molecule has 1 N–H and O–H groups in total. The quantitative estimate of drug-likeness (QED) is 0.443. The summed E-state index contributed by atoms with van der Waals surface area (Å²) in [5, 5.41) is 3.89. The van der Waals surface area contributed by atoms with Crippen LogP contribution in [-0.2, 0) is 11.2 Å². The molecular weight excluding hydrogens is 404 g/mol. The van der Waals surface area contributed by atoms with Crippen molar-refractivity contribution in [3.8, 4) is 5.75 Å². The summed E-state index contributed by atoms with van der Waals surface area (Å²) in [6.07, 6.45) is 2.14. The first-order chi connectivity index (χ1) is 15.6. The Kier molecular flexibility index (Phi) is 6.31. The zero-order valence-electron chi connectivity index (χ0n) is 18.0. The maximum Gasteiger partial charge on any atom is 0.339 e. The van der Waals surface area contributed by atoms with Crippen molar-refractivity contribution in [2.75, 3.05) is 7.11 Å². The number of fused-ring (bicyclic) bond motifs is 1. The van der Waals surface area contributed by atoms with Crippen LogP contribution in [0.25, 0.3) is 11.0 Å². The third kappa shape index (κ3) is 4.54. The fourth-order valence-electron chi connectivity index (χ4n) is 3.78. The minimum atomic E-state index is -0.430. The molecule has 0 bridgehead atoms. The number of aryl methyl sites for hydroxylation is 1. The third-order valence-electron chi connectivity index (χ3n) is 5.52. The van der Waals surface area contributed by atoms with E-state index in [9.17, 15) is 9.59 Å². The fraction of sp³-hybridized carbons (Fsp3) is 0.192. The monoisotopic (exact) mass is 428 g/mol. The molecule has 1 atom stereocenters. The smallest absolute Gasteiger partial charge is 0.339 e. The van der Waals surface area contributed by atoms with Crippen LogP contribution in [0.2, 0.25) is 0 Å². The van der Waals surface area contributed by atoms with E-state index in [1.165, 1.54) is 0 Å². The Morgan fingerprint density at radius 1 is 1.09 bits per heavy atom. The van der Waals surface area contributed by atoms with Crippen LogP contribution in [0.1, 0.15) is 34.8 Å². The molecule has 2 aromatic heterocycles. The zero-order chi connectivity index (χ0) is 22.5. The molecule has 162 valence electrons. The van der Waals surface area contributed by atoms with Gasteiger partial charge in [-0.15, -0.1) is 0 Å². The van der Waals surface area contributed by atoms with Crippen LogP contribution in [-0.4, -0.2) is 18.0 Å². The summed E-state index contributed by atoms with van der Waals surface area (Å²) in [6.45, 7) is 1.87. The topological polar surface area (TPSA) is 81.4 Å². The van der Waals surface area contributed by atoms with Crippen LogP contribution >= 0.6 is 0 Å². The summed E-state index contributed by atoms with van der Waals surface area (Å²) >= 11 is 0. The summed E-state index contributed by atoms with van der Waals surface area (Å²) in [4.78, 5) is 29.9. The normalized spacial score (nSPS) is 11.8. The molecule has 32 heavy (non-hydrogen) atoms. The molecule has 0 fully saturated rings. The van der Waals surface area contributed by atoms with Crippen LogP contribution < -0.4 is 15.7 Å². The number of hydrogen-bond donors (Lipinski definition) is 1. The number of benzene rings is 2. The first kappa shape index (κ1) is 21.3. The molecule has 2 heterocycles. The lowest BCUT2D eigenvalue weighted by Gasteiger charge is -2.19. The maximum absolute atomic E-state index is 12.9. The lowest BCUT2D eigenvalue weighted by molar-refractivity contribution is -0.121. The SMILES string of the molecule is COc1ccc2c(C)c(CCC(=O)NC(c3ccccc3)c3ccccn3)c(=O)oc2c1. The van der Waals surface area contributed by atoms with Crippen LogP contribution in [0.4, 0.5) is 0 Å². The number of rotatable bonds is 7. The molecule has 0 radical (unpaired) electrons. The van der Waals surface area contributed by atoms with Gasteiger partial charge in [0.25, 0.3) is 0 Å². The molecular formula is C26H24N2O4. The predicted molar refractivity (Wildman–Crippen MR) is 123 cm³/mol. The molecule has 0 saturated heterocycles. The second-order valence-electron chi connectivity index (χ2n) is 7.52. The van der Waals surface area contributed by atoms with E-state index < -0.39 is 5.63 Å². The molecule has 0 aliphatic carbocycles. The van der Waals surface area contributed by atoms with Gasteiger partial charge in [0.05, 0.1) is 18.8 Å². The van der Waals surface area contributed by atoms with Gasteiger partial charge in [-0.05, 0) is 48.7 Å². The Morgan fingerprint density at radius 2 is 1.88 bits per heavy atom. The van der Waals surface area contributed by atoms with Crippen molar-refractivity contribution < 1.29 is 13.9 Å². The number of nitrogens with one attached hydrogen (secondary N) is 1. The lowest BCUT2D eigenvalue weighted by atomic mass is 10.0. The molecule has 4 rings (SSSR count). The van der Waals surface area contributed by atoms with Crippen molar-refractivity contribution in [1.29, 1.82) is 0 Å². The van der Waals surface area contributed by atoms with E-state index in [1.807, 2.05) is 67.6 Å². The van der Waals surface area contributed by atoms with Crippen LogP contribution in [0.5, 0.6) is 5.75 Å². The first-order valence-corrected chi connectivity index (χ1v) is 10.4. The summed E-state index contributed by atoms with van der Waals surface area (Å²) in [7, 11) is 1.56. The molecule has 0 spiro atoms. The number of aromatic nitrogens is 1. The molecule has 0 aliphatic heterocycles. The average Bonchev–Trinajstić information content (AvgIpc) is 2.83. The van der Waals surface area contributed by atoms with Crippen LogP contribution in [0.3, 0.4) is 0 Å². The fourth-order valence-corrected chi connectivity index (χ4v) is 3.78. The van der Waals surface area contributed by atoms with Gasteiger partial charge in [0.1, 0.15) is 11.3 Å². The van der Waals surface area contributed by atoms with Crippen molar-refractivity contribution in [3.63, 3.8) is 0 Å². The largest absolute Gasteiger partial charge is 0.497 e. The highest BCUT2D eigenvalue weighted by atomic mass is 16.5. The molecule has 4 aromatic rings. The van der Waals surface area contributed by atoms with E-state index in [4.69, 9.17) is 9.15 Å². The summed E-state index contributed by atoms with van der Waals surface area (Å²) in [5.41, 5.74) is 3.06. The van der Waals surface area contributed by atoms with Crippen molar-refractivity contribution in [1.82, 2.24) is 10.3 Å². The second-order valence-corrected chi connectivity index (χ2v) is 7.52. The lowest BCUT2D eigenvalue weighted by Crippen LogP contribution is -2.30. The predicted octanol–water partition coefficient (Wildman–Crippen LogP) is 4.34. The molecule has 1 unspecified atom stereocenters. The van der Waals surface area contributed by atoms with Crippen molar-refractivity contribution in [3.05, 3.63) is 106 Å². The van der Waals surface area contributed by atoms with Gasteiger partial charge in [0.2, 0.25) is 5.91 Å².